The highest BCUT2D eigenvalue weighted by Gasteiger charge is 2.08. The second-order valence-corrected chi connectivity index (χ2v) is 4.93. The molecular formula is C13H16N2O2S. The highest BCUT2D eigenvalue weighted by molar-refractivity contribution is 7.09. The van der Waals surface area contributed by atoms with Crippen LogP contribution < -0.4 is 15.2 Å². The lowest BCUT2D eigenvalue weighted by molar-refractivity contribution is 0.287. The number of nitrogens with zero attached hydrogens (tertiary/aromatic N) is 1. The molecule has 0 aliphatic heterocycles. The van der Waals surface area contributed by atoms with Gasteiger partial charge in [0, 0.05) is 12.2 Å². The molecule has 4 nitrogen and oxygen atoms in total. The van der Waals surface area contributed by atoms with Gasteiger partial charge in [-0.3, -0.25) is 4.98 Å². The van der Waals surface area contributed by atoms with Crippen molar-refractivity contribution in [3.8, 4) is 11.5 Å². The molecule has 0 spiro atoms. The SMILES string of the molecule is COc1cc([C@H](C)N)ccc1OCc1cncs1. The molecule has 5 heteroatoms. The van der Waals surface area contributed by atoms with Crippen molar-refractivity contribution in [1.82, 2.24) is 4.98 Å². The van der Waals surface area contributed by atoms with Crippen LogP contribution in [-0.2, 0) is 6.61 Å². The molecule has 0 saturated heterocycles. The van der Waals surface area contributed by atoms with Crippen molar-refractivity contribution in [2.45, 2.75) is 19.6 Å². The van der Waals surface area contributed by atoms with E-state index in [1.807, 2.05) is 25.1 Å². The van der Waals surface area contributed by atoms with Crippen molar-refractivity contribution in [2.24, 2.45) is 5.73 Å². The number of aromatic nitrogens is 1. The Balaban J connectivity index is 2.12. The van der Waals surface area contributed by atoms with Gasteiger partial charge in [0.15, 0.2) is 11.5 Å². The van der Waals surface area contributed by atoms with Gasteiger partial charge in [0.1, 0.15) is 6.61 Å². The number of nitrogens with two attached hydrogens (primary N) is 1. The molecule has 0 aliphatic rings. The fraction of sp³-hybridized carbons (Fsp3) is 0.308. The molecule has 0 amide bonds. The van der Waals surface area contributed by atoms with Crippen LogP contribution >= 0.6 is 11.3 Å². The maximum absolute atomic E-state index is 5.84. The summed E-state index contributed by atoms with van der Waals surface area (Å²) < 4.78 is 11.0. The Bertz CT molecular complexity index is 498. The van der Waals surface area contributed by atoms with E-state index in [-0.39, 0.29) is 6.04 Å². The molecule has 2 rings (SSSR count). The van der Waals surface area contributed by atoms with E-state index >= 15 is 0 Å². The van der Waals surface area contributed by atoms with Gasteiger partial charge in [-0.15, -0.1) is 11.3 Å². The van der Waals surface area contributed by atoms with Crippen LogP contribution in [0.1, 0.15) is 23.4 Å². The topological polar surface area (TPSA) is 57.4 Å². The molecule has 0 aliphatic carbocycles. The number of thiazole rings is 1. The summed E-state index contributed by atoms with van der Waals surface area (Å²) in [6, 6.07) is 5.73. The lowest BCUT2D eigenvalue weighted by Gasteiger charge is -2.13. The molecule has 1 atom stereocenters. The zero-order valence-electron chi connectivity index (χ0n) is 10.4. The molecule has 1 heterocycles. The summed E-state index contributed by atoms with van der Waals surface area (Å²) in [6.07, 6.45) is 1.80. The standard InChI is InChI=1S/C13H16N2O2S/c1-9(14)10-3-4-12(13(5-10)16-2)17-7-11-6-15-8-18-11/h3-6,8-9H,7,14H2,1-2H3/t9-/m0/s1. The van der Waals surface area contributed by atoms with Gasteiger partial charge >= 0.3 is 0 Å². The zero-order chi connectivity index (χ0) is 13.0. The van der Waals surface area contributed by atoms with Crippen molar-refractivity contribution >= 4 is 11.3 Å². The van der Waals surface area contributed by atoms with E-state index in [2.05, 4.69) is 4.98 Å². The highest BCUT2D eigenvalue weighted by atomic mass is 32.1. The number of methoxy groups -OCH3 is 1. The van der Waals surface area contributed by atoms with E-state index in [1.165, 1.54) is 0 Å². The van der Waals surface area contributed by atoms with Gasteiger partial charge in [-0.1, -0.05) is 6.07 Å². The average Bonchev–Trinajstić information content (AvgIpc) is 2.89. The minimum atomic E-state index is -0.0190. The molecule has 0 saturated carbocycles. The number of rotatable bonds is 5. The third kappa shape index (κ3) is 3.00. The molecular weight excluding hydrogens is 248 g/mol. The molecule has 0 bridgehead atoms. The van der Waals surface area contributed by atoms with E-state index in [1.54, 1.807) is 30.2 Å². The molecule has 1 aromatic heterocycles. The highest BCUT2D eigenvalue weighted by Crippen LogP contribution is 2.30. The van der Waals surface area contributed by atoms with Crippen LogP contribution in [0.15, 0.2) is 29.9 Å². The second-order valence-electron chi connectivity index (χ2n) is 3.96. The fourth-order valence-electron chi connectivity index (χ4n) is 1.55. The van der Waals surface area contributed by atoms with E-state index in [0.29, 0.717) is 12.4 Å². The van der Waals surface area contributed by atoms with Crippen molar-refractivity contribution < 1.29 is 9.47 Å². The maximum atomic E-state index is 5.84. The van der Waals surface area contributed by atoms with Crippen LogP contribution in [0.4, 0.5) is 0 Å². The largest absolute Gasteiger partial charge is 0.493 e. The maximum Gasteiger partial charge on any atom is 0.161 e. The van der Waals surface area contributed by atoms with Crippen molar-refractivity contribution in [2.75, 3.05) is 7.11 Å². The van der Waals surface area contributed by atoms with Crippen molar-refractivity contribution in [3.63, 3.8) is 0 Å². The van der Waals surface area contributed by atoms with Gasteiger partial charge in [-0.25, -0.2) is 0 Å². The van der Waals surface area contributed by atoms with Gasteiger partial charge in [-0.05, 0) is 24.6 Å². The molecule has 0 radical (unpaired) electrons. The number of ether oxygens (including phenoxy) is 2. The summed E-state index contributed by atoms with van der Waals surface area (Å²) in [5.74, 6) is 1.42. The summed E-state index contributed by atoms with van der Waals surface area (Å²) in [6.45, 7) is 2.44. The predicted octanol–water partition coefficient (Wildman–Crippen LogP) is 2.75. The smallest absolute Gasteiger partial charge is 0.161 e. The summed E-state index contributed by atoms with van der Waals surface area (Å²) in [5.41, 5.74) is 8.65. The van der Waals surface area contributed by atoms with Gasteiger partial charge in [0.05, 0.1) is 17.5 Å². The van der Waals surface area contributed by atoms with E-state index in [4.69, 9.17) is 15.2 Å². The first-order valence-corrected chi connectivity index (χ1v) is 6.52. The first-order chi connectivity index (χ1) is 8.70. The third-order valence-electron chi connectivity index (χ3n) is 2.57. The molecule has 2 aromatic rings. The van der Waals surface area contributed by atoms with Crippen LogP contribution in [0.2, 0.25) is 0 Å². The Kier molecular flexibility index (Phi) is 4.17. The third-order valence-corrected chi connectivity index (χ3v) is 3.32. The fourth-order valence-corrected chi connectivity index (χ4v) is 2.05. The van der Waals surface area contributed by atoms with Crippen LogP contribution in [0, 0.1) is 0 Å². The Morgan fingerprint density at radius 2 is 2.22 bits per heavy atom. The minimum absolute atomic E-state index is 0.0190. The van der Waals surface area contributed by atoms with Crippen molar-refractivity contribution in [1.29, 1.82) is 0 Å². The lowest BCUT2D eigenvalue weighted by Crippen LogP contribution is -2.05. The Hall–Kier alpha value is -1.59. The average molecular weight is 264 g/mol. The van der Waals surface area contributed by atoms with Crippen molar-refractivity contribution in [3.05, 3.63) is 40.3 Å². The van der Waals surface area contributed by atoms with E-state index < -0.39 is 0 Å². The quantitative estimate of drug-likeness (QED) is 0.902. The summed E-state index contributed by atoms with van der Waals surface area (Å²) in [4.78, 5) is 5.08. The predicted molar refractivity (Wildman–Crippen MR) is 72.0 cm³/mol. The second kappa shape index (κ2) is 5.84. The Labute approximate surface area is 110 Å². The normalized spacial score (nSPS) is 12.2. The van der Waals surface area contributed by atoms with E-state index in [0.717, 1.165) is 16.2 Å². The summed E-state index contributed by atoms with van der Waals surface area (Å²) in [7, 11) is 1.62. The number of benzene rings is 1. The lowest BCUT2D eigenvalue weighted by atomic mass is 10.1. The molecule has 1 aromatic carbocycles. The Morgan fingerprint density at radius 3 is 2.83 bits per heavy atom. The van der Waals surface area contributed by atoms with Gasteiger partial charge < -0.3 is 15.2 Å². The van der Waals surface area contributed by atoms with Crippen LogP contribution in [-0.4, -0.2) is 12.1 Å². The van der Waals surface area contributed by atoms with Crippen LogP contribution in [0.5, 0.6) is 11.5 Å². The van der Waals surface area contributed by atoms with Gasteiger partial charge in [0.2, 0.25) is 0 Å². The first kappa shape index (κ1) is 12.9. The number of hydrogen-bond acceptors (Lipinski definition) is 5. The van der Waals surface area contributed by atoms with Crippen LogP contribution in [0.3, 0.4) is 0 Å². The zero-order valence-corrected chi connectivity index (χ0v) is 11.2. The van der Waals surface area contributed by atoms with E-state index in [9.17, 15) is 0 Å². The summed E-state index contributed by atoms with van der Waals surface area (Å²) in [5, 5.41) is 0. The number of hydrogen-bond donors (Lipinski definition) is 1. The molecule has 96 valence electrons. The molecule has 0 fully saturated rings. The monoisotopic (exact) mass is 264 g/mol. The van der Waals surface area contributed by atoms with Gasteiger partial charge in [0.25, 0.3) is 0 Å². The van der Waals surface area contributed by atoms with Gasteiger partial charge in [-0.2, -0.15) is 0 Å². The Morgan fingerprint density at radius 1 is 1.39 bits per heavy atom. The van der Waals surface area contributed by atoms with Crippen LogP contribution in [0.25, 0.3) is 0 Å². The molecule has 0 unspecified atom stereocenters. The molecule has 2 N–H and O–H groups in total. The summed E-state index contributed by atoms with van der Waals surface area (Å²) >= 11 is 1.57. The first-order valence-electron chi connectivity index (χ1n) is 5.64. The molecule has 18 heavy (non-hydrogen) atoms. The minimum Gasteiger partial charge on any atom is -0.493 e.